The fourth-order valence-electron chi connectivity index (χ4n) is 7.14. The van der Waals surface area contributed by atoms with Crippen molar-refractivity contribution >= 4 is 36.4 Å². The van der Waals surface area contributed by atoms with E-state index in [0.717, 1.165) is 11.4 Å². The maximum absolute atomic E-state index is 2.81. The molecule has 0 radical (unpaired) electrons. The Morgan fingerprint density at radius 2 is 0.720 bits per heavy atom. The van der Waals surface area contributed by atoms with Gasteiger partial charge in [-0.3, -0.25) is 0 Å². The van der Waals surface area contributed by atoms with Crippen LogP contribution in [0.2, 0.25) is 0 Å². The van der Waals surface area contributed by atoms with Crippen molar-refractivity contribution in [1.82, 2.24) is 9.13 Å². The Morgan fingerprint density at radius 3 is 1.14 bits per heavy atom. The zero-order valence-electron chi connectivity index (χ0n) is 27.8. The van der Waals surface area contributed by atoms with Crippen molar-refractivity contribution in [2.24, 2.45) is 0 Å². The van der Waals surface area contributed by atoms with E-state index in [1.165, 1.54) is 77.4 Å². The third kappa shape index (κ3) is 5.45. The van der Waals surface area contributed by atoms with E-state index in [2.05, 4.69) is 207 Å². The molecule has 9 rings (SSSR count). The van der Waals surface area contributed by atoms with Gasteiger partial charge in [0.15, 0.2) is 0 Å². The van der Waals surface area contributed by atoms with Crippen molar-refractivity contribution in [3.63, 3.8) is 0 Å². The van der Waals surface area contributed by atoms with Crippen LogP contribution in [0.5, 0.6) is 0 Å². The van der Waals surface area contributed by atoms with Gasteiger partial charge in [-0.15, -0.1) is 9.24 Å². The summed E-state index contributed by atoms with van der Waals surface area (Å²) >= 11 is 0. The van der Waals surface area contributed by atoms with Crippen LogP contribution in [0.3, 0.4) is 0 Å². The van der Waals surface area contributed by atoms with Crippen LogP contribution in [0.4, 0.5) is 0 Å². The van der Waals surface area contributed by atoms with Gasteiger partial charge in [0.2, 0.25) is 0 Å². The molecule has 0 saturated heterocycles. The third-order valence-corrected chi connectivity index (χ3v) is 10.1. The SMILES string of the molecule is Cc1ccc(-n2c(-c3ccc(-c4ccccc4)cc3)cc3cc4c(cc(-c5ccc(-c6ccccc6)cc5)n4-c4ccc(P)cc4)cc32)cc1. The van der Waals surface area contributed by atoms with Crippen LogP contribution >= 0.6 is 9.24 Å². The highest BCUT2D eigenvalue weighted by molar-refractivity contribution is 7.27. The quantitative estimate of drug-likeness (QED) is 0.157. The number of hydrogen-bond acceptors (Lipinski definition) is 0. The summed E-state index contributed by atoms with van der Waals surface area (Å²) in [6.45, 7) is 2.14. The van der Waals surface area contributed by atoms with E-state index in [-0.39, 0.29) is 0 Å². The number of aryl methyl sites for hydroxylation is 1. The summed E-state index contributed by atoms with van der Waals surface area (Å²) in [6.07, 6.45) is 0. The number of aromatic nitrogens is 2. The minimum atomic E-state index is 1.14. The van der Waals surface area contributed by atoms with Gasteiger partial charge < -0.3 is 9.13 Å². The first-order chi connectivity index (χ1) is 24.6. The van der Waals surface area contributed by atoms with E-state index < -0.39 is 0 Å². The minimum Gasteiger partial charge on any atom is -0.309 e. The Labute approximate surface area is 295 Å². The third-order valence-electron chi connectivity index (χ3n) is 9.74. The van der Waals surface area contributed by atoms with Crippen molar-refractivity contribution in [2.45, 2.75) is 6.92 Å². The van der Waals surface area contributed by atoms with Gasteiger partial charge in [0.25, 0.3) is 0 Å². The predicted molar refractivity (Wildman–Crippen MR) is 216 cm³/mol. The lowest BCUT2D eigenvalue weighted by atomic mass is 10.0. The van der Waals surface area contributed by atoms with Gasteiger partial charge in [-0.25, -0.2) is 0 Å². The number of fused-ring (bicyclic) bond motifs is 2. The molecule has 3 heteroatoms. The van der Waals surface area contributed by atoms with Crippen LogP contribution in [-0.2, 0) is 0 Å². The van der Waals surface area contributed by atoms with Gasteiger partial charge in [-0.05, 0) is 94.1 Å². The number of nitrogens with zero attached hydrogens (tertiary/aromatic N) is 2. The molecule has 0 N–H and O–H groups in total. The van der Waals surface area contributed by atoms with Crippen LogP contribution < -0.4 is 5.30 Å². The minimum absolute atomic E-state index is 1.14. The van der Waals surface area contributed by atoms with Crippen molar-refractivity contribution in [3.8, 4) is 56.1 Å². The van der Waals surface area contributed by atoms with Gasteiger partial charge >= 0.3 is 0 Å². The van der Waals surface area contributed by atoms with E-state index in [9.17, 15) is 0 Å². The van der Waals surface area contributed by atoms with E-state index in [0.29, 0.717) is 0 Å². The molecule has 7 aromatic carbocycles. The van der Waals surface area contributed by atoms with Crippen LogP contribution in [0.15, 0.2) is 182 Å². The van der Waals surface area contributed by atoms with Crippen molar-refractivity contribution in [1.29, 1.82) is 0 Å². The first-order valence-corrected chi connectivity index (χ1v) is 17.6. The van der Waals surface area contributed by atoms with Crippen LogP contribution in [0.25, 0.3) is 77.9 Å². The van der Waals surface area contributed by atoms with Gasteiger partial charge in [0.1, 0.15) is 0 Å². The highest BCUT2D eigenvalue weighted by Gasteiger charge is 2.18. The van der Waals surface area contributed by atoms with Crippen LogP contribution in [0, 0.1) is 6.92 Å². The Kier molecular flexibility index (Phi) is 7.53. The second kappa shape index (κ2) is 12.5. The summed E-state index contributed by atoms with van der Waals surface area (Å²) in [5.41, 5.74) is 15.5. The molecule has 0 spiro atoms. The first-order valence-electron chi connectivity index (χ1n) is 17.0. The molecule has 0 fully saturated rings. The van der Waals surface area contributed by atoms with E-state index in [1.54, 1.807) is 0 Å². The molecule has 0 aliphatic heterocycles. The largest absolute Gasteiger partial charge is 0.309 e. The van der Waals surface area contributed by atoms with Crippen LogP contribution in [-0.4, -0.2) is 9.13 Å². The normalized spacial score (nSPS) is 11.4. The molecular weight excluding hydrogens is 624 g/mol. The Morgan fingerprint density at radius 1 is 0.360 bits per heavy atom. The molecule has 0 bridgehead atoms. The predicted octanol–water partition coefficient (Wildman–Crippen LogP) is 12.1. The molecule has 2 heterocycles. The molecule has 2 aromatic heterocycles. The number of benzene rings is 7. The van der Waals surface area contributed by atoms with Crippen molar-refractivity contribution in [2.75, 3.05) is 0 Å². The molecule has 50 heavy (non-hydrogen) atoms. The summed E-state index contributed by atoms with van der Waals surface area (Å²) in [5.74, 6) is 0. The standard InChI is InChI=1S/C47H35N2P/c1-32-12-22-41(23-13-32)48-44(37-18-14-35(15-19-37)33-8-4-2-5-9-33)28-39-31-47-40(30-46(39)48)29-45(49(47)42-24-26-43(50)27-25-42)38-20-16-36(17-21-38)34-10-6-3-7-11-34/h2-31H,50H2,1H3. The topological polar surface area (TPSA) is 9.86 Å². The van der Waals surface area contributed by atoms with E-state index in [4.69, 9.17) is 0 Å². The molecule has 1 unspecified atom stereocenters. The van der Waals surface area contributed by atoms with Crippen molar-refractivity contribution < 1.29 is 0 Å². The lowest BCUT2D eigenvalue weighted by molar-refractivity contribution is 1.13. The summed E-state index contributed by atoms with van der Waals surface area (Å²) in [7, 11) is 2.81. The highest BCUT2D eigenvalue weighted by Crippen LogP contribution is 2.39. The smallest absolute Gasteiger partial charge is 0.0542 e. The molecule has 0 saturated carbocycles. The van der Waals surface area contributed by atoms with E-state index >= 15 is 0 Å². The molecule has 2 nitrogen and oxygen atoms in total. The van der Waals surface area contributed by atoms with Gasteiger partial charge in [0, 0.05) is 22.1 Å². The highest BCUT2D eigenvalue weighted by atomic mass is 31.0. The fourth-order valence-corrected chi connectivity index (χ4v) is 7.33. The molecular formula is C47H35N2P. The molecule has 9 aromatic rings. The van der Waals surface area contributed by atoms with Gasteiger partial charge in [0.05, 0.1) is 22.4 Å². The summed E-state index contributed by atoms with van der Waals surface area (Å²) in [4.78, 5) is 0. The average Bonchev–Trinajstić information content (AvgIpc) is 3.73. The molecule has 238 valence electrons. The Bertz CT molecular complexity index is 2410. The lowest BCUT2D eigenvalue weighted by Gasteiger charge is -2.13. The van der Waals surface area contributed by atoms with Crippen molar-refractivity contribution in [3.05, 3.63) is 188 Å². The summed E-state index contributed by atoms with van der Waals surface area (Å²) < 4.78 is 4.83. The average molecular weight is 659 g/mol. The molecule has 1 atom stereocenters. The summed E-state index contributed by atoms with van der Waals surface area (Å²) in [5, 5.41) is 3.57. The zero-order chi connectivity index (χ0) is 33.6. The van der Waals surface area contributed by atoms with Gasteiger partial charge in [-0.1, -0.05) is 139 Å². The van der Waals surface area contributed by atoms with Gasteiger partial charge in [-0.2, -0.15) is 0 Å². The molecule has 0 aliphatic rings. The summed E-state index contributed by atoms with van der Waals surface area (Å²) in [6, 6.07) is 66.1. The second-order valence-corrected chi connectivity index (χ2v) is 13.7. The maximum Gasteiger partial charge on any atom is 0.0542 e. The van der Waals surface area contributed by atoms with E-state index in [1.807, 2.05) is 0 Å². The number of hydrogen-bond donors (Lipinski definition) is 0. The Hall–Kier alpha value is -5.95. The fraction of sp³-hybridized carbons (Fsp3) is 0.0213. The number of rotatable bonds is 6. The molecule has 0 aliphatic carbocycles. The molecule has 0 amide bonds. The second-order valence-electron chi connectivity index (χ2n) is 13.0. The maximum atomic E-state index is 2.81. The first kappa shape index (κ1) is 30.1. The van der Waals surface area contributed by atoms with Crippen LogP contribution in [0.1, 0.15) is 5.56 Å². The Balaban J connectivity index is 1.24. The lowest BCUT2D eigenvalue weighted by Crippen LogP contribution is -1.99. The monoisotopic (exact) mass is 658 g/mol. The zero-order valence-corrected chi connectivity index (χ0v) is 28.9.